The van der Waals surface area contributed by atoms with Gasteiger partial charge in [0.15, 0.2) is 5.54 Å². The maximum absolute atomic E-state index is 12.2. The number of carbonyl (C=O) groups excluding carboxylic acids is 1. The van der Waals surface area contributed by atoms with E-state index < -0.39 is 11.5 Å². The molecule has 0 bridgehead atoms. The number of hydrogen-bond acceptors (Lipinski definition) is 4. The Morgan fingerprint density at radius 2 is 2.14 bits per heavy atom. The van der Waals surface area contributed by atoms with Gasteiger partial charge in [0.2, 0.25) is 5.91 Å². The van der Waals surface area contributed by atoms with E-state index in [2.05, 4.69) is 26.3 Å². The van der Waals surface area contributed by atoms with Crippen LogP contribution < -0.4 is 5.32 Å². The van der Waals surface area contributed by atoms with Crippen molar-refractivity contribution >= 4 is 44.8 Å². The lowest BCUT2D eigenvalue weighted by molar-refractivity contribution is -0.146. The van der Waals surface area contributed by atoms with Crippen LogP contribution in [0.2, 0.25) is 0 Å². The Balaban J connectivity index is 2.10. The first-order chi connectivity index (χ1) is 10.2. The number of rotatable bonds is 5. The van der Waals surface area contributed by atoms with E-state index in [4.69, 9.17) is 0 Å². The maximum Gasteiger partial charge on any atom is 0.331 e. The number of aromatic nitrogens is 2. The maximum atomic E-state index is 12.2. The van der Waals surface area contributed by atoms with Crippen LogP contribution in [0.4, 0.5) is 5.69 Å². The van der Waals surface area contributed by atoms with Crippen molar-refractivity contribution in [3.8, 4) is 0 Å². The number of anilines is 1. The molecule has 2 heterocycles. The molecule has 0 spiro atoms. The van der Waals surface area contributed by atoms with E-state index in [-0.39, 0.29) is 11.8 Å². The molecule has 2 aromatic heterocycles. The van der Waals surface area contributed by atoms with E-state index in [1.165, 1.54) is 28.4 Å². The van der Waals surface area contributed by atoms with Gasteiger partial charge in [-0.2, -0.15) is 5.10 Å². The molecule has 2 rings (SSSR count). The lowest BCUT2D eigenvalue weighted by Crippen LogP contribution is -2.35. The number of thiophene rings is 1. The summed E-state index contributed by atoms with van der Waals surface area (Å²) < 4.78 is 2.29. The Morgan fingerprint density at radius 1 is 1.45 bits per heavy atom. The normalized spacial score (nSPS) is 12.9. The lowest BCUT2D eigenvalue weighted by atomic mass is 10.1. The molecular weight excluding hydrogens is 370 g/mol. The minimum atomic E-state index is -1.17. The van der Waals surface area contributed by atoms with Crippen molar-refractivity contribution < 1.29 is 14.7 Å². The van der Waals surface area contributed by atoms with Crippen molar-refractivity contribution in [1.82, 2.24) is 9.78 Å². The Labute approximate surface area is 140 Å². The third kappa shape index (κ3) is 3.38. The average molecular weight is 386 g/mol. The highest BCUT2D eigenvalue weighted by atomic mass is 79.9. The number of carbonyl (C=O) groups is 2. The van der Waals surface area contributed by atoms with Crippen LogP contribution in [0.1, 0.15) is 31.6 Å². The Kier molecular flexibility index (Phi) is 4.72. The van der Waals surface area contributed by atoms with E-state index in [0.29, 0.717) is 5.69 Å². The summed E-state index contributed by atoms with van der Waals surface area (Å²) in [5.74, 6) is -1.46. The monoisotopic (exact) mass is 385 g/mol. The van der Waals surface area contributed by atoms with Crippen molar-refractivity contribution in [3.05, 3.63) is 33.2 Å². The molecule has 8 heteroatoms. The van der Waals surface area contributed by atoms with Crippen LogP contribution in [0.5, 0.6) is 0 Å². The molecule has 0 fully saturated rings. The van der Waals surface area contributed by atoms with E-state index in [1.54, 1.807) is 13.8 Å². The highest BCUT2D eigenvalue weighted by molar-refractivity contribution is 9.11. The lowest BCUT2D eigenvalue weighted by Gasteiger charge is -2.19. The van der Waals surface area contributed by atoms with Gasteiger partial charge in [0.1, 0.15) is 0 Å². The van der Waals surface area contributed by atoms with Crippen LogP contribution in [0, 0.1) is 0 Å². The number of carboxylic acid groups (broad SMARTS) is 1. The quantitative estimate of drug-likeness (QED) is 0.826. The molecule has 118 valence electrons. The second kappa shape index (κ2) is 6.21. The number of aliphatic carboxylic acids is 1. The Hall–Kier alpha value is -1.67. The summed E-state index contributed by atoms with van der Waals surface area (Å²) in [6.45, 7) is 4.90. The van der Waals surface area contributed by atoms with E-state index in [0.717, 1.165) is 8.66 Å². The molecule has 2 aromatic rings. The van der Waals surface area contributed by atoms with Crippen molar-refractivity contribution in [2.24, 2.45) is 0 Å². The zero-order valence-electron chi connectivity index (χ0n) is 12.3. The van der Waals surface area contributed by atoms with Gasteiger partial charge < -0.3 is 10.4 Å². The number of amides is 1. The third-order valence-corrected chi connectivity index (χ3v) is 5.17. The highest BCUT2D eigenvalue weighted by Crippen LogP contribution is 2.29. The van der Waals surface area contributed by atoms with Gasteiger partial charge in [0, 0.05) is 11.1 Å². The zero-order chi connectivity index (χ0) is 16.5. The molecule has 1 unspecified atom stereocenters. The minimum Gasteiger partial charge on any atom is -0.479 e. The fourth-order valence-electron chi connectivity index (χ4n) is 1.73. The summed E-state index contributed by atoms with van der Waals surface area (Å²) in [5, 5.41) is 15.9. The summed E-state index contributed by atoms with van der Waals surface area (Å²) in [6, 6.07) is 3.80. The van der Waals surface area contributed by atoms with Gasteiger partial charge in [-0.15, -0.1) is 11.3 Å². The predicted molar refractivity (Wildman–Crippen MR) is 88.2 cm³/mol. The number of nitrogens with zero attached hydrogens (tertiary/aromatic N) is 2. The number of nitrogens with one attached hydrogen (secondary N) is 1. The summed E-state index contributed by atoms with van der Waals surface area (Å²) in [5.41, 5.74) is -0.700. The molecular formula is C14H16BrN3O3S. The molecule has 1 atom stereocenters. The second-order valence-corrected chi connectivity index (χ2v) is 7.89. The zero-order valence-corrected chi connectivity index (χ0v) is 14.7. The first-order valence-corrected chi connectivity index (χ1v) is 8.17. The van der Waals surface area contributed by atoms with Crippen LogP contribution in [-0.2, 0) is 15.1 Å². The molecule has 0 aliphatic rings. The minimum absolute atomic E-state index is 0.165. The summed E-state index contributed by atoms with van der Waals surface area (Å²) >= 11 is 4.88. The second-order valence-electron chi connectivity index (χ2n) is 5.39. The number of carboxylic acids is 1. The van der Waals surface area contributed by atoms with Gasteiger partial charge in [-0.3, -0.25) is 9.48 Å². The largest absolute Gasteiger partial charge is 0.479 e. The first-order valence-electron chi connectivity index (χ1n) is 6.56. The number of halogens is 1. The molecule has 22 heavy (non-hydrogen) atoms. The fourth-order valence-corrected chi connectivity index (χ4v) is 3.21. The molecule has 0 saturated carbocycles. The molecule has 0 aliphatic heterocycles. The van der Waals surface area contributed by atoms with Crippen LogP contribution in [-0.4, -0.2) is 26.8 Å². The predicted octanol–water partition coefficient (Wildman–Crippen LogP) is 3.27. The molecule has 0 radical (unpaired) electrons. The van der Waals surface area contributed by atoms with Gasteiger partial charge in [0.05, 0.1) is 21.6 Å². The molecule has 6 nitrogen and oxygen atoms in total. The van der Waals surface area contributed by atoms with Gasteiger partial charge in [-0.25, -0.2) is 4.79 Å². The van der Waals surface area contributed by atoms with E-state index >= 15 is 0 Å². The molecule has 1 amide bonds. The van der Waals surface area contributed by atoms with Crippen LogP contribution in [0.3, 0.4) is 0 Å². The Bertz CT molecular complexity index is 708. The SMILES string of the molecule is CC(C(=O)Nc1cnn(C(C)(C)C(=O)O)c1)c1ccc(Br)s1. The Morgan fingerprint density at radius 3 is 2.68 bits per heavy atom. The van der Waals surface area contributed by atoms with Gasteiger partial charge in [0.25, 0.3) is 0 Å². The highest BCUT2D eigenvalue weighted by Gasteiger charge is 2.30. The van der Waals surface area contributed by atoms with Crippen LogP contribution in [0.15, 0.2) is 28.3 Å². The van der Waals surface area contributed by atoms with Crippen molar-refractivity contribution in [2.75, 3.05) is 5.32 Å². The number of hydrogen-bond donors (Lipinski definition) is 2. The molecule has 0 saturated heterocycles. The van der Waals surface area contributed by atoms with Crippen LogP contribution in [0.25, 0.3) is 0 Å². The van der Waals surface area contributed by atoms with E-state index in [9.17, 15) is 14.7 Å². The van der Waals surface area contributed by atoms with Gasteiger partial charge in [-0.05, 0) is 48.8 Å². The summed E-state index contributed by atoms with van der Waals surface area (Å²) in [6.07, 6.45) is 2.96. The van der Waals surface area contributed by atoms with Crippen molar-refractivity contribution in [2.45, 2.75) is 32.2 Å². The average Bonchev–Trinajstić information content (AvgIpc) is 3.07. The fraction of sp³-hybridized carbons (Fsp3) is 0.357. The van der Waals surface area contributed by atoms with Gasteiger partial charge >= 0.3 is 5.97 Å². The van der Waals surface area contributed by atoms with Crippen molar-refractivity contribution in [3.63, 3.8) is 0 Å². The van der Waals surface area contributed by atoms with E-state index in [1.807, 2.05) is 19.1 Å². The molecule has 0 aromatic carbocycles. The smallest absolute Gasteiger partial charge is 0.331 e. The summed E-state index contributed by atoms with van der Waals surface area (Å²) in [7, 11) is 0. The third-order valence-electron chi connectivity index (χ3n) is 3.36. The topological polar surface area (TPSA) is 84.2 Å². The molecule has 0 aliphatic carbocycles. The molecule has 2 N–H and O–H groups in total. The summed E-state index contributed by atoms with van der Waals surface area (Å²) in [4.78, 5) is 24.4. The van der Waals surface area contributed by atoms with Crippen LogP contribution >= 0.6 is 27.3 Å². The van der Waals surface area contributed by atoms with Gasteiger partial charge in [-0.1, -0.05) is 0 Å². The van der Waals surface area contributed by atoms with Crippen molar-refractivity contribution in [1.29, 1.82) is 0 Å². The first kappa shape index (κ1) is 16.7. The standard InChI is InChI=1S/C14H16BrN3O3S/c1-8(10-4-5-11(15)22-10)12(19)17-9-6-16-18(7-9)14(2,3)13(20)21/h4-8H,1-3H3,(H,17,19)(H,20,21).